The molecule has 1 aliphatic heterocycles. The fraction of sp³-hybridized carbons (Fsp3) is 0.176. The molecule has 1 heteroatoms. The maximum Gasteiger partial charge on any atom is 0.0563 e. The molecule has 0 N–H and O–H groups in total. The van der Waals surface area contributed by atoms with Crippen LogP contribution in [0.15, 0.2) is 54.7 Å². The topological polar surface area (TPSA) is 3.24 Å². The summed E-state index contributed by atoms with van der Waals surface area (Å²) in [5, 5.41) is 0. The lowest BCUT2D eigenvalue weighted by molar-refractivity contribution is 0.757. The van der Waals surface area contributed by atoms with Crippen molar-refractivity contribution in [1.29, 1.82) is 0 Å². The fourth-order valence-electron chi connectivity index (χ4n) is 2.62. The average Bonchev–Trinajstić information content (AvgIpc) is 2.41. The maximum absolute atomic E-state index is 2.34. The highest BCUT2D eigenvalue weighted by atomic mass is 15.1. The zero-order valence-electron chi connectivity index (χ0n) is 10.8. The lowest BCUT2D eigenvalue weighted by atomic mass is 9.96. The van der Waals surface area contributed by atoms with E-state index in [1.54, 1.807) is 0 Å². The number of nitrogens with zero attached hydrogens (tertiary/aromatic N) is 1. The van der Waals surface area contributed by atoms with Gasteiger partial charge in [0, 0.05) is 11.9 Å². The third-order valence-corrected chi connectivity index (χ3v) is 3.67. The molecule has 0 amide bonds. The summed E-state index contributed by atoms with van der Waals surface area (Å²) in [5.74, 6) is 0. The Hall–Kier alpha value is -2.02. The van der Waals surface area contributed by atoms with Gasteiger partial charge in [0.2, 0.25) is 0 Å². The molecule has 0 radical (unpaired) electrons. The molecule has 18 heavy (non-hydrogen) atoms. The fourth-order valence-corrected chi connectivity index (χ4v) is 2.62. The molecule has 3 rings (SSSR count). The Bertz CT molecular complexity index is 598. The number of hydrogen-bond donors (Lipinski definition) is 0. The first-order valence-corrected chi connectivity index (χ1v) is 6.38. The normalized spacial score (nSPS) is 17.7. The summed E-state index contributed by atoms with van der Waals surface area (Å²) in [7, 11) is 0. The third kappa shape index (κ3) is 1.72. The first-order valence-electron chi connectivity index (χ1n) is 6.38. The van der Waals surface area contributed by atoms with E-state index in [0.717, 1.165) is 0 Å². The molecule has 1 atom stereocenters. The largest absolute Gasteiger partial charge is 0.341 e. The van der Waals surface area contributed by atoms with Crippen LogP contribution in [0.2, 0.25) is 0 Å². The molecule has 1 unspecified atom stereocenters. The summed E-state index contributed by atoms with van der Waals surface area (Å²) in [6.45, 7) is 4.42. The van der Waals surface area contributed by atoms with Crippen LogP contribution in [0.5, 0.6) is 0 Å². The van der Waals surface area contributed by atoms with Crippen molar-refractivity contribution in [3.05, 3.63) is 71.4 Å². The molecule has 2 aromatic carbocycles. The van der Waals surface area contributed by atoms with Crippen molar-refractivity contribution in [2.24, 2.45) is 0 Å². The average molecular weight is 235 g/mol. The van der Waals surface area contributed by atoms with E-state index in [1.165, 1.54) is 22.4 Å². The second kappa shape index (κ2) is 4.34. The van der Waals surface area contributed by atoms with Crippen LogP contribution in [0.4, 0.5) is 5.69 Å². The zero-order chi connectivity index (χ0) is 12.5. The molecular weight excluding hydrogens is 218 g/mol. The number of benzene rings is 2. The molecule has 0 fully saturated rings. The number of fused-ring (bicyclic) bond motifs is 1. The van der Waals surface area contributed by atoms with Crippen molar-refractivity contribution in [2.45, 2.75) is 19.9 Å². The van der Waals surface area contributed by atoms with Crippen molar-refractivity contribution in [1.82, 2.24) is 0 Å². The lowest BCUT2D eigenvalue weighted by Gasteiger charge is -2.33. The summed E-state index contributed by atoms with van der Waals surface area (Å²) in [4.78, 5) is 2.34. The number of aryl methyl sites for hydroxylation is 1. The van der Waals surface area contributed by atoms with Crippen LogP contribution in [0.3, 0.4) is 0 Å². The van der Waals surface area contributed by atoms with Gasteiger partial charge in [0.15, 0.2) is 0 Å². The van der Waals surface area contributed by atoms with Crippen LogP contribution < -0.4 is 4.90 Å². The predicted molar refractivity (Wildman–Crippen MR) is 77.5 cm³/mol. The first-order chi connectivity index (χ1) is 8.77. The van der Waals surface area contributed by atoms with Crippen molar-refractivity contribution in [3.63, 3.8) is 0 Å². The predicted octanol–water partition coefficient (Wildman–Crippen LogP) is 4.55. The van der Waals surface area contributed by atoms with Gasteiger partial charge in [-0.1, -0.05) is 42.5 Å². The van der Waals surface area contributed by atoms with Gasteiger partial charge in [-0.15, -0.1) is 0 Å². The smallest absolute Gasteiger partial charge is 0.0563 e. The molecule has 1 nitrogen and oxygen atoms in total. The summed E-state index contributed by atoms with van der Waals surface area (Å²) in [5.41, 5.74) is 5.32. The van der Waals surface area contributed by atoms with Crippen LogP contribution in [-0.2, 0) is 0 Å². The van der Waals surface area contributed by atoms with Gasteiger partial charge in [0.05, 0.1) is 6.04 Å². The Morgan fingerprint density at radius 3 is 2.50 bits per heavy atom. The molecule has 1 heterocycles. The van der Waals surface area contributed by atoms with Gasteiger partial charge in [0.25, 0.3) is 0 Å². The molecular formula is C17H17N. The highest BCUT2D eigenvalue weighted by Gasteiger charge is 2.20. The number of hydrogen-bond acceptors (Lipinski definition) is 1. The third-order valence-electron chi connectivity index (χ3n) is 3.67. The second-order valence-electron chi connectivity index (χ2n) is 4.81. The first kappa shape index (κ1) is 11.1. The molecule has 90 valence electrons. The molecule has 0 saturated heterocycles. The Morgan fingerprint density at radius 2 is 1.67 bits per heavy atom. The number of rotatable bonds is 1. The van der Waals surface area contributed by atoms with Crippen LogP contribution in [-0.4, -0.2) is 0 Å². The quantitative estimate of drug-likeness (QED) is 0.701. The van der Waals surface area contributed by atoms with E-state index in [2.05, 4.69) is 79.6 Å². The van der Waals surface area contributed by atoms with Crippen LogP contribution >= 0.6 is 0 Å². The van der Waals surface area contributed by atoms with Crippen molar-refractivity contribution in [2.75, 3.05) is 4.90 Å². The Balaban J connectivity index is 2.06. The second-order valence-corrected chi connectivity index (χ2v) is 4.81. The van der Waals surface area contributed by atoms with E-state index in [9.17, 15) is 0 Å². The molecule has 1 aliphatic rings. The number of para-hydroxylation sites is 1. The van der Waals surface area contributed by atoms with E-state index in [-0.39, 0.29) is 0 Å². The summed E-state index contributed by atoms with van der Waals surface area (Å²) in [6, 6.07) is 17.5. The van der Waals surface area contributed by atoms with E-state index < -0.39 is 0 Å². The van der Waals surface area contributed by atoms with Crippen molar-refractivity contribution in [3.8, 4) is 0 Å². The van der Waals surface area contributed by atoms with Gasteiger partial charge in [-0.2, -0.15) is 0 Å². The Labute approximate surface area is 108 Å². The van der Waals surface area contributed by atoms with Gasteiger partial charge in [-0.25, -0.2) is 0 Å². The molecule has 0 bridgehead atoms. The van der Waals surface area contributed by atoms with Gasteiger partial charge in [0.1, 0.15) is 0 Å². The molecule has 0 aromatic heterocycles. The standard InChI is InChI=1S/C17H17N/c1-13-7-3-6-10-17(13)18-12-11-15-8-4-5-9-16(15)14(18)2/h3-12,14H,1-2H3. The minimum atomic E-state index is 0.382. The van der Waals surface area contributed by atoms with Gasteiger partial charge >= 0.3 is 0 Å². The Kier molecular flexibility index (Phi) is 2.67. The van der Waals surface area contributed by atoms with Crippen molar-refractivity contribution >= 4 is 11.8 Å². The van der Waals surface area contributed by atoms with Gasteiger partial charge in [-0.3, -0.25) is 0 Å². The highest BCUT2D eigenvalue weighted by molar-refractivity contribution is 5.67. The lowest BCUT2D eigenvalue weighted by Crippen LogP contribution is -2.24. The van der Waals surface area contributed by atoms with E-state index in [1.807, 2.05) is 0 Å². The maximum atomic E-state index is 2.34. The van der Waals surface area contributed by atoms with E-state index in [4.69, 9.17) is 0 Å². The van der Waals surface area contributed by atoms with Gasteiger partial charge in [-0.05, 0) is 42.7 Å². The minimum absolute atomic E-state index is 0.382. The van der Waals surface area contributed by atoms with E-state index >= 15 is 0 Å². The van der Waals surface area contributed by atoms with Crippen LogP contribution in [0.1, 0.15) is 29.7 Å². The number of anilines is 1. The molecule has 0 spiro atoms. The monoisotopic (exact) mass is 235 g/mol. The summed E-state index contributed by atoms with van der Waals surface area (Å²) in [6.07, 6.45) is 4.39. The Morgan fingerprint density at radius 1 is 0.944 bits per heavy atom. The van der Waals surface area contributed by atoms with Gasteiger partial charge < -0.3 is 4.90 Å². The van der Waals surface area contributed by atoms with Crippen LogP contribution in [0, 0.1) is 6.92 Å². The zero-order valence-corrected chi connectivity index (χ0v) is 10.8. The molecule has 0 aliphatic carbocycles. The SMILES string of the molecule is Cc1ccccc1N1C=Cc2ccccc2C1C. The molecule has 0 saturated carbocycles. The van der Waals surface area contributed by atoms with Crippen LogP contribution in [0.25, 0.3) is 6.08 Å². The summed E-state index contributed by atoms with van der Waals surface area (Å²) >= 11 is 0. The van der Waals surface area contributed by atoms with E-state index in [0.29, 0.717) is 6.04 Å². The molecule has 2 aromatic rings. The highest BCUT2D eigenvalue weighted by Crippen LogP contribution is 2.35. The minimum Gasteiger partial charge on any atom is -0.341 e. The summed E-state index contributed by atoms with van der Waals surface area (Å²) < 4.78 is 0. The van der Waals surface area contributed by atoms with Crippen molar-refractivity contribution < 1.29 is 0 Å².